The number of hydrogen-bond donors (Lipinski definition) is 1. The molecule has 4 rings (SSSR count). The van der Waals surface area contributed by atoms with E-state index in [1.165, 1.54) is 0 Å². The molecule has 36 heavy (non-hydrogen) atoms. The van der Waals surface area contributed by atoms with Crippen molar-refractivity contribution in [2.24, 2.45) is 0 Å². The standard InChI is InChI=1S/C27H31ClN4O4/c1-3-32-22(18-30-14-16-31(17-15-30)25(33)20-10-12-21(28)13-11-20)23(26(34)36-4-2)24(29-27(32)35)19-8-6-5-7-9-19/h5-13,24H,3-4,14-18H2,1-2H3,(H,29,35). The lowest BCUT2D eigenvalue weighted by Crippen LogP contribution is -2.53. The van der Waals surface area contributed by atoms with Crippen LogP contribution in [0.2, 0.25) is 5.02 Å². The Morgan fingerprint density at radius 3 is 2.28 bits per heavy atom. The van der Waals surface area contributed by atoms with Gasteiger partial charge in [0, 0.05) is 55.6 Å². The molecule has 2 aromatic carbocycles. The molecule has 2 aromatic rings. The van der Waals surface area contributed by atoms with Crippen molar-refractivity contribution in [3.05, 3.63) is 82.0 Å². The lowest BCUT2D eigenvalue weighted by Gasteiger charge is -2.40. The van der Waals surface area contributed by atoms with Gasteiger partial charge in [0.2, 0.25) is 0 Å². The van der Waals surface area contributed by atoms with Gasteiger partial charge in [-0.1, -0.05) is 41.9 Å². The molecule has 0 saturated carbocycles. The number of nitrogens with zero attached hydrogens (tertiary/aromatic N) is 3. The number of esters is 1. The van der Waals surface area contributed by atoms with Gasteiger partial charge >= 0.3 is 12.0 Å². The number of carbonyl (C=O) groups is 3. The van der Waals surface area contributed by atoms with Crippen LogP contribution < -0.4 is 5.32 Å². The number of halogens is 1. The number of hydrogen-bond acceptors (Lipinski definition) is 5. The molecule has 1 unspecified atom stereocenters. The Labute approximate surface area is 216 Å². The Hall–Kier alpha value is -3.36. The van der Waals surface area contributed by atoms with Gasteiger partial charge in [0.1, 0.15) is 0 Å². The van der Waals surface area contributed by atoms with E-state index in [2.05, 4.69) is 10.2 Å². The van der Waals surface area contributed by atoms with E-state index in [0.29, 0.717) is 61.1 Å². The lowest BCUT2D eigenvalue weighted by atomic mass is 9.94. The highest BCUT2D eigenvalue weighted by atomic mass is 35.5. The highest BCUT2D eigenvalue weighted by molar-refractivity contribution is 6.30. The number of rotatable bonds is 7. The van der Waals surface area contributed by atoms with Gasteiger partial charge in [-0.2, -0.15) is 0 Å². The summed E-state index contributed by atoms with van der Waals surface area (Å²) in [4.78, 5) is 44.7. The van der Waals surface area contributed by atoms with Crippen molar-refractivity contribution < 1.29 is 19.1 Å². The molecule has 0 aliphatic carbocycles. The van der Waals surface area contributed by atoms with Crippen LogP contribution in [0.4, 0.5) is 4.79 Å². The monoisotopic (exact) mass is 510 g/mol. The molecule has 1 N–H and O–H groups in total. The van der Waals surface area contributed by atoms with E-state index in [-0.39, 0.29) is 18.5 Å². The van der Waals surface area contributed by atoms with Crippen molar-refractivity contribution in [1.29, 1.82) is 0 Å². The summed E-state index contributed by atoms with van der Waals surface area (Å²) in [5.74, 6) is -0.467. The maximum Gasteiger partial charge on any atom is 0.338 e. The maximum atomic E-state index is 13.2. The third-order valence-electron chi connectivity index (χ3n) is 6.51. The fourth-order valence-corrected chi connectivity index (χ4v) is 4.78. The van der Waals surface area contributed by atoms with E-state index in [4.69, 9.17) is 16.3 Å². The third kappa shape index (κ3) is 5.55. The van der Waals surface area contributed by atoms with E-state index in [9.17, 15) is 14.4 Å². The number of amides is 3. The second kappa shape index (κ2) is 11.6. The molecule has 2 aliphatic rings. The minimum atomic E-state index is -0.594. The summed E-state index contributed by atoms with van der Waals surface area (Å²) in [6.45, 7) is 7.04. The van der Waals surface area contributed by atoms with Gasteiger partial charge < -0.3 is 15.0 Å². The summed E-state index contributed by atoms with van der Waals surface area (Å²) in [6.07, 6.45) is 0. The first-order valence-corrected chi connectivity index (χ1v) is 12.6. The van der Waals surface area contributed by atoms with Crippen molar-refractivity contribution in [1.82, 2.24) is 20.0 Å². The minimum absolute atomic E-state index is 0.0332. The van der Waals surface area contributed by atoms with Gasteiger partial charge in [-0.15, -0.1) is 0 Å². The van der Waals surface area contributed by atoms with Crippen LogP contribution in [0.25, 0.3) is 0 Å². The number of benzene rings is 2. The molecule has 2 aliphatic heterocycles. The van der Waals surface area contributed by atoms with Gasteiger partial charge in [-0.3, -0.25) is 14.6 Å². The summed E-state index contributed by atoms with van der Waals surface area (Å²) in [5.41, 5.74) is 2.52. The Balaban J connectivity index is 1.57. The van der Waals surface area contributed by atoms with Gasteiger partial charge in [0.15, 0.2) is 0 Å². The molecular weight excluding hydrogens is 480 g/mol. The van der Waals surface area contributed by atoms with Gasteiger partial charge in [-0.05, 0) is 43.7 Å². The Morgan fingerprint density at radius 1 is 1.00 bits per heavy atom. The van der Waals surface area contributed by atoms with E-state index in [0.717, 1.165) is 5.56 Å². The largest absolute Gasteiger partial charge is 0.463 e. The molecule has 0 spiro atoms. The lowest BCUT2D eigenvalue weighted by molar-refractivity contribution is -0.139. The molecular formula is C27H31ClN4O4. The zero-order valence-electron chi connectivity index (χ0n) is 20.6. The zero-order chi connectivity index (χ0) is 25.7. The summed E-state index contributed by atoms with van der Waals surface area (Å²) >= 11 is 5.95. The Kier molecular flexibility index (Phi) is 8.28. The molecule has 190 valence electrons. The summed E-state index contributed by atoms with van der Waals surface area (Å²) in [5, 5.41) is 3.57. The van der Waals surface area contributed by atoms with Crippen LogP contribution in [-0.2, 0) is 9.53 Å². The molecule has 0 radical (unpaired) electrons. The van der Waals surface area contributed by atoms with Crippen molar-refractivity contribution in [3.8, 4) is 0 Å². The number of carbonyl (C=O) groups excluding carboxylic acids is 3. The van der Waals surface area contributed by atoms with E-state index >= 15 is 0 Å². The molecule has 1 saturated heterocycles. The number of piperazine rings is 1. The quantitative estimate of drug-likeness (QED) is 0.574. The highest BCUT2D eigenvalue weighted by Gasteiger charge is 2.38. The van der Waals surface area contributed by atoms with Crippen LogP contribution in [0.15, 0.2) is 65.9 Å². The van der Waals surface area contributed by atoms with Crippen LogP contribution in [0.3, 0.4) is 0 Å². The first kappa shape index (κ1) is 25.7. The smallest absolute Gasteiger partial charge is 0.338 e. The van der Waals surface area contributed by atoms with Crippen molar-refractivity contribution in [3.63, 3.8) is 0 Å². The van der Waals surface area contributed by atoms with Crippen LogP contribution in [0.1, 0.15) is 35.8 Å². The molecule has 3 amide bonds. The molecule has 2 heterocycles. The van der Waals surface area contributed by atoms with E-state index in [1.807, 2.05) is 42.2 Å². The van der Waals surface area contributed by atoms with Crippen LogP contribution >= 0.6 is 11.6 Å². The maximum absolute atomic E-state index is 13.2. The normalized spacial score (nSPS) is 18.8. The first-order valence-electron chi connectivity index (χ1n) is 12.2. The van der Waals surface area contributed by atoms with Crippen LogP contribution in [0.5, 0.6) is 0 Å². The molecule has 0 bridgehead atoms. The summed E-state index contributed by atoms with van der Waals surface area (Å²) in [7, 11) is 0. The second-order valence-electron chi connectivity index (χ2n) is 8.69. The predicted octanol–water partition coefficient (Wildman–Crippen LogP) is 3.70. The molecule has 1 fully saturated rings. The SMILES string of the molecule is CCOC(=O)C1=C(CN2CCN(C(=O)c3ccc(Cl)cc3)CC2)N(CC)C(=O)NC1c1ccccc1. The first-order chi connectivity index (χ1) is 17.4. The van der Waals surface area contributed by atoms with Crippen molar-refractivity contribution >= 4 is 29.5 Å². The predicted molar refractivity (Wildman–Crippen MR) is 138 cm³/mol. The van der Waals surface area contributed by atoms with Gasteiger partial charge in [0.25, 0.3) is 5.91 Å². The molecule has 1 atom stereocenters. The van der Waals surface area contributed by atoms with Crippen LogP contribution in [0, 0.1) is 0 Å². The van der Waals surface area contributed by atoms with Gasteiger partial charge in [-0.25, -0.2) is 9.59 Å². The number of urea groups is 1. The van der Waals surface area contributed by atoms with E-state index in [1.54, 1.807) is 36.1 Å². The number of likely N-dealkylation sites (N-methyl/N-ethyl adjacent to an activating group) is 1. The highest BCUT2D eigenvalue weighted by Crippen LogP contribution is 2.32. The van der Waals surface area contributed by atoms with Gasteiger partial charge in [0.05, 0.1) is 18.2 Å². The second-order valence-corrected chi connectivity index (χ2v) is 9.13. The summed E-state index contributed by atoms with van der Waals surface area (Å²) in [6, 6.07) is 15.5. The third-order valence-corrected chi connectivity index (χ3v) is 6.76. The number of nitrogens with one attached hydrogen (secondary N) is 1. The Morgan fingerprint density at radius 2 is 1.67 bits per heavy atom. The Bertz CT molecular complexity index is 1130. The topological polar surface area (TPSA) is 82.2 Å². The summed E-state index contributed by atoms with van der Waals surface area (Å²) < 4.78 is 5.43. The minimum Gasteiger partial charge on any atom is -0.463 e. The molecule has 9 heteroatoms. The fraction of sp³-hybridized carbons (Fsp3) is 0.370. The number of ether oxygens (including phenoxy) is 1. The van der Waals surface area contributed by atoms with Crippen LogP contribution in [-0.4, -0.2) is 78.5 Å². The fourth-order valence-electron chi connectivity index (χ4n) is 4.65. The molecule has 0 aromatic heterocycles. The van der Waals surface area contributed by atoms with Crippen molar-refractivity contribution in [2.75, 3.05) is 45.9 Å². The molecule has 8 nitrogen and oxygen atoms in total. The average Bonchev–Trinajstić information content (AvgIpc) is 2.89. The zero-order valence-corrected chi connectivity index (χ0v) is 21.3. The van der Waals surface area contributed by atoms with E-state index < -0.39 is 12.0 Å². The van der Waals surface area contributed by atoms with Crippen molar-refractivity contribution in [2.45, 2.75) is 19.9 Å². The average molecular weight is 511 g/mol.